The topological polar surface area (TPSA) is 38.3 Å². The largest absolute Gasteiger partial charge is 0.495 e. The highest BCUT2D eigenvalue weighted by atomic mass is 32.1. The lowest BCUT2D eigenvalue weighted by Gasteiger charge is -2.13. The number of rotatable bonds is 4. The fourth-order valence-electron chi connectivity index (χ4n) is 1.37. The summed E-state index contributed by atoms with van der Waals surface area (Å²) >= 11 is 3.92. The molecule has 0 unspecified atom stereocenters. The predicted octanol–water partition coefficient (Wildman–Crippen LogP) is 2.69. The van der Waals surface area contributed by atoms with E-state index in [1.165, 1.54) is 0 Å². The van der Waals surface area contributed by atoms with E-state index in [0.717, 1.165) is 5.56 Å². The molecule has 4 heteroatoms. The molecule has 0 spiro atoms. The summed E-state index contributed by atoms with van der Waals surface area (Å²) in [6.45, 7) is 4.21. The quantitative estimate of drug-likeness (QED) is 0.793. The van der Waals surface area contributed by atoms with Gasteiger partial charge in [-0.1, -0.05) is 19.9 Å². The molecule has 1 amide bonds. The average Bonchev–Trinajstić information content (AvgIpc) is 2.28. The van der Waals surface area contributed by atoms with Gasteiger partial charge in [0.25, 0.3) is 0 Å². The van der Waals surface area contributed by atoms with Gasteiger partial charge in [0, 0.05) is 0 Å². The van der Waals surface area contributed by atoms with Crippen LogP contribution in [0.2, 0.25) is 0 Å². The molecule has 0 aliphatic carbocycles. The molecule has 0 fully saturated rings. The zero-order valence-electron chi connectivity index (χ0n) is 9.78. The summed E-state index contributed by atoms with van der Waals surface area (Å²) in [6.07, 6.45) is 0. The number of carbonyl (C=O) groups excluding carboxylic acids is 1. The Morgan fingerprint density at radius 1 is 1.50 bits per heavy atom. The van der Waals surface area contributed by atoms with Crippen LogP contribution in [0.3, 0.4) is 0 Å². The summed E-state index contributed by atoms with van der Waals surface area (Å²) in [6, 6.07) is 5.80. The summed E-state index contributed by atoms with van der Waals surface area (Å²) < 4.78 is 5.19. The van der Waals surface area contributed by atoms with Crippen molar-refractivity contribution in [1.82, 2.24) is 0 Å². The van der Waals surface area contributed by atoms with Gasteiger partial charge in [-0.3, -0.25) is 4.79 Å². The van der Waals surface area contributed by atoms with Crippen LogP contribution in [0.25, 0.3) is 0 Å². The third-order valence-electron chi connectivity index (χ3n) is 2.31. The molecule has 0 aliphatic rings. The monoisotopic (exact) mass is 239 g/mol. The van der Waals surface area contributed by atoms with Gasteiger partial charge in [-0.15, -0.1) is 0 Å². The van der Waals surface area contributed by atoms with E-state index in [9.17, 15) is 4.79 Å². The van der Waals surface area contributed by atoms with E-state index >= 15 is 0 Å². The Labute approximate surface area is 102 Å². The fraction of sp³-hybridized carbons (Fsp3) is 0.417. The number of methoxy groups -OCH3 is 1. The summed E-state index contributed by atoms with van der Waals surface area (Å²) in [5.74, 6) is 1.11. The van der Waals surface area contributed by atoms with Crippen molar-refractivity contribution in [3.05, 3.63) is 23.8 Å². The molecule has 88 valence electrons. The molecule has 0 atom stereocenters. The Hall–Kier alpha value is -1.16. The second-order valence-corrected chi connectivity index (χ2v) is 4.14. The first-order valence-electron chi connectivity index (χ1n) is 5.17. The molecule has 16 heavy (non-hydrogen) atoms. The highest BCUT2D eigenvalue weighted by Gasteiger charge is 2.08. The zero-order chi connectivity index (χ0) is 12.1. The number of benzene rings is 1. The molecule has 1 N–H and O–H groups in total. The normalized spacial score (nSPS) is 10.3. The number of hydrogen-bond donors (Lipinski definition) is 2. The van der Waals surface area contributed by atoms with E-state index in [0.29, 0.717) is 17.4 Å². The Morgan fingerprint density at radius 2 is 2.19 bits per heavy atom. The standard InChI is InChI=1S/C12H17NO2S/c1-8(2)9-4-5-11(15-3)10(6-9)13-12(14)7-16/h4-6,8,16H,7H2,1-3H3,(H,13,14). The van der Waals surface area contributed by atoms with Crippen molar-refractivity contribution in [2.24, 2.45) is 0 Å². The van der Waals surface area contributed by atoms with Gasteiger partial charge in [-0.25, -0.2) is 0 Å². The maximum atomic E-state index is 11.3. The molecule has 1 aromatic carbocycles. The van der Waals surface area contributed by atoms with Crippen LogP contribution in [-0.2, 0) is 4.79 Å². The molecule has 0 aromatic heterocycles. The molecule has 1 rings (SSSR count). The number of amides is 1. The van der Waals surface area contributed by atoms with Crippen LogP contribution in [0.5, 0.6) is 5.75 Å². The Balaban J connectivity index is 3.02. The van der Waals surface area contributed by atoms with Crippen molar-refractivity contribution >= 4 is 24.2 Å². The molecule has 0 radical (unpaired) electrons. The summed E-state index contributed by atoms with van der Waals surface area (Å²) in [4.78, 5) is 11.3. The van der Waals surface area contributed by atoms with Crippen molar-refractivity contribution in [2.45, 2.75) is 19.8 Å². The van der Waals surface area contributed by atoms with Gasteiger partial charge in [-0.05, 0) is 23.6 Å². The highest BCUT2D eigenvalue weighted by molar-refractivity contribution is 7.81. The average molecular weight is 239 g/mol. The van der Waals surface area contributed by atoms with E-state index in [-0.39, 0.29) is 11.7 Å². The summed E-state index contributed by atoms with van der Waals surface area (Å²) in [7, 11) is 1.58. The second-order valence-electron chi connectivity index (χ2n) is 3.82. The molecular weight excluding hydrogens is 222 g/mol. The third-order valence-corrected chi connectivity index (χ3v) is 2.60. The predicted molar refractivity (Wildman–Crippen MR) is 69.6 cm³/mol. The number of ether oxygens (including phenoxy) is 1. The van der Waals surface area contributed by atoms with E-state index in [1.54, 1.807) is 7.11 Å². The van der Waals surface area contributed by atoms with Crippen LogP contribution >= 0.6 is 12.6 Å². The minimum absolute atomic E-state index is 0.137. The maximum absolute atomic E-state index is 11.3. The van der Waals surface area contributed by atoms with E-state index in [2.05, 4.69) is 31.8 Å². The van der Waals surface area contributed by atoms with Gasteiger partial charge in [-0.2, -0.15) is 12.6 Å². The number of anilines is 1. The van der Waals surface area contributed by atoms with Crippen molar-refractivity contribution in [3.8, 4) is 5.75 Å². The van der Waals surface area contributed by atoms with Crippen molar-refractivity contribution < 1.29 is 9.53 Å². The van der Waals surface area contributed by atoms with E-state index in [1.807, 2.05) is 18.2 Å². The van der Waals surface area contributed by atoms with Crippen molar-refractivity contribution in [3.63, 3.8) is 0 Å². The van der Waals surface area contributed by atoms with Crippen LogP contribution in [0, 0.1) is 0 Å². The second kappa shape index (κ2) is 5.80. The lowest BCUT2D eigenvalue weighted by atomic mass is 10.0. The highest BCUT2D eigenvalue weighted by Crippen LogP contribution is 2.28. The SMILES string of the molecule is COc1ccc(C(C)C)cc1NC(=O)CS. The van der Waals surface area contributed by atoms with Crippen LogP contribution in [0.1, 0.15) is 25.3 Å². The van der Waals surface area contributed by atoms with Gasteiger partial charge in [0.1, 0.15) is 5.75 Å². The van der Waals surface area contributed by atoms with Crippen LogP contribution in [0.15, 0.2) is 18.2 Å². The molecule has 0 bridgehead atoms. The molecule has 0 saturated heterocycles. The van der Waals surface area contributed by atoms with E-state index in [4.69, 9.17) is 4.74 Å². The zero-order valence-corrected chi connectivity index (χ0v) is 10.7. The van der Waals surface area contributed by atoms with Gasteiger partial charge < -0.3 is 10.1 Å². The molecule has 3 nitrogen and oxygen atoms in total. The Bertz CT molecular complexity index is 377. The molecule has 0 heterocycles. The lowest BCUT2D eigenvalue weighted by molar-refractivity contribution is -0.113. The van der Waals surface area contributed by atoms with Crippen molar-refractivity contribution in [1.29, 1.82) is 0 Å². The minimum Gasteiger partial charge on any atom is -0.495 e. The first kappa shape index (κ1) is 12.9. The van der Waals surface area contributed by atoms with Gasteiger partial charge in [0.15, 0.2) is 0 Å². The van der Waals surface area contributed by atoms with Gasteiger partial charge in [0.2, 0.25) is 5.91 Å². The Morgan fingerprint density at radius 3 is 2.69 bits per heavy atom. The number of hydrogen-bond acceptors (Lipinski definition) is 3. The first-order valence-corrected chi connectivity index (χ1v) is 5.80. The lowest BCUT2D eigenvalue weighted by Crippen LogP contribution is -2.13. The summed E-state index contributed by atoms with van der Waals surface area (Å²) in [5, 5.41) is 2.77. The molecule has 0 aliphatic heterocycles. The molecule has 1 aromatic rings. The van der Waals surface area contributed by atoms with Crippen LogP contribution in [0.4, 0.5) is 5.69 Å². The van der Waals surface area contributed by atoms with Crippen LogP contribution in [-0.4, -0.2) is 18.8 Å². The van der Waals surface area contributed by atoms with Gasteiger partial charge >= 0.3 is 0 Å². The Kier molecular flexibility index (Phi) is 4.68. The van der Waals surface area contributed by atoms with Crippen molar-refractivity contribution in [2.75, 3.05) is 18.2 Å². The maximum Gasteiger partial charge on any atom is 0.234 e. The van der Waals surface area contributed by atoms with Crippen LogP contribution < -0.4 is 10.1 Å². The van der Waals surface area contributed by atoms with Gasteiger partial charge in [0.05, 0.1) is 18.6 Å². The minimum atomic E-state index is -0.137. The molecular formula is C12H17NO2S. The smallest absolute Gasteiger partial charge is 0.234 e. The molecule has 0 saturated carbocycles. The number of thiol groups is 1. The van der Waals surface area contributed by atoms with E-state index < -0.39 is 0 Å². The first-order chi connectivity index (χ1) is 7.58. The summed E-state index contributed by atoms with van der Waals surface area (Å²) in [5.41, 5.74) is 1.86. The number of nitrogens with one attached hydrogen (secondary N) is 1. The third kappa shape index (κ3) is 3.17. The number of carbonyl (C=O) groups is 1. The fourth-order valence-corrected chi connectivity index (χ4v) is 1.45.